The Morgan fingerprint density at radius 3 is 2.62 bits per heavy atom. The third-order valence-corrected chi connectivity index (χ3v) is 6.28. The van der Waals surface area contributed by atoms with Gasteiger partial charge in [0.05, 0.1) is 34.6 Å². The highest BCUT2D eigenvalue weighted by molar-refractivity contribution is 6.35. The fraction of sp³-hybridized carbons (Fsp3) is 0.222. The quantitative estimate of drug-likeness (QED) is 0.309. The molecule has 0 amide bonds. The molecule has 2 N–H and O–H groups in total. The molecule has 1 aromatic carbocycles. The number of ether oxygens (including phenoxy) is 2. The molecule has 1 aliphatic rings. The lowest BCUT2D eigenvalue weighted by atomic mass is 10.0. The molecule has 6 rings (SSSR count). The number of benzene rings is 1. The van der Waals surface area contributed by atoms with E-state index in [1.807, 2.05) is 61.8 Å². The summed E-state index contributed by atoms with van der Waals surface area (Å²) in [4.78, 5) is 18.5. The number of nitrogens with two attached hydrogens (primary N) is 1. The van der Waals surface area contributed by atoms with E-state index in [4.69, 9.17) is 31.8 Å². The van der Waals surface area contributed by atoms with E-state index in [0.29, 0.717) is 40.3 Å². The summed E-state index contributed by atoms with van der Waals surface area (Å²) in [6.45, 7) is 0.669. The molecule has 1 aliphatic carbocycles. The van der Waals surface area contributed by atoms with Crippen molar-refractivity contribution in [3.63, 3.8) is 0 Å². The minimum absolute atomic E-state index is 0.158. The van der Waals surface area contributed by atoms with Gasteiger partial charge in [0.1, 0.15) is 23.7 Å². The van der Waals surface area contributed by atoms with Gasteiger partial charge in [-0.2, -0.15) is 5.10 Å². The first-order valence-electron chi connectivity index (χ1n) is 11.9. The van der Waals surface area contributed by atoms with Gasteiger partial charge in [-0.15, -0.1) is 0 Å². The van der Waals surface area contributed by atoms with E-state index in [-0.39, 0.29) is 18.3 Å². The maximum Gasteiger partial charge on any atom is 0.258 e. The van der Waals surface area contributed by atoms with Crippen LogP contribution in [0.4, 0.5) is 5.82 Å². The fourth-order valence-electron chi connectivity index (χ4n) is 4.02. The first kappa shape index (κ1) is 23.3. The topological polar surface area (TPSA) is 114 Å². The van der Waals surface area contributed by atoms with Crippen molar-refractivity contribution in [2.75, 3.05) is 5.73 Å². The zero-order valence-electron chi connectivity index (χ0n) is 20.1. The Kier molecular flexibility index (Phi) is 6.15. The monoisotopic (exact) mass is 513 g/mol. The number of nitrogen functional groups attached to an aromatic ring is 1. The smallest absolute Gasteiger partial charge is 0.258 e. The van der Waals surface area contributed by atoms with Gasteiger partial charge in [0, 0.05) is 30.4 Å². The molecule has 0 unspecified atom stereocenters. The maximum absolute atomic E-state index is 6.59. The van der Waals surface area contributed by atoms with Crippen LogP contribution in [0.25, 0.3) is 33.5 Å². The molecule has 9 nitrogen and oxygen atoms in total. The van der Waals surface area contributed by atoms with Crippen molar-refractivity contribution in [2.24, 2.45) is 7.05 Å². The average Bonchev–Trinajstić information content (AvgIpc) is 3.64. The van der Waals surface area contributed by atoms with E-state index in [9.17, 15) is 0 Å². The molecule has 37 heavy (non-hydrogen) atoms. The lowest BCUT2D eigenvalue weighted by molar-refractivity contribution is 0.103. The summed E-state index contributed by atoms with van der Waals surface area (Å²) < 4.78 is 13.5. The highest BCUT2D eigenvalue weighted by Crippen LogP contribution is 2.36. The predicted molar refractivity (Wildman–Crippen MR) is 141 cm³/mol. The van der Waals surface area contributed by atoms with Crippen LogP contribution in [0, 0.1) is 0 Å². The minimum atomic E-state index is 0.158. The van der Waals surface area contributed by atoms with Gasteiger partial charge in [0.25, 0.3) is 5.88 Å². The first-order valence-corrected chi connectivity index (χ1v) is 12.3. The van der Waals surface area contributed by atoms with Crippen LogP contribution in [0.2, 0.25) is 5.02 Å². The van der Waals surface area contributed by atoms with Gasteiger partial charge in [0.15, 0.2) is 5.82 Å². The number of aryl methyl sites for hydroxylation is 1. The highest BCUT2D eigenvalue weighted by atomic mass is 35.5. The first-order chi connectivity index (χ1) is 18.0. The van der Waals surface area contributed by atoms with Crippen LogP contribution in [0.3, 0.4) is 0 Å². The number of hydrogen-bond acceptors (Lipinski definition) is 8. The molecule has 186 valence electrons. The molecule has 0 saturated heterocycles. The Morgan fingerprint density at radius 1 is 1.00 bits per heavy atom. The molecule has 0 bridgehead atoms. The van der Waals surface area contributed by atoms with Crippen LogP contribution in [0.15, 0.2) is 60.9 Å². The van der Waals surface area contributed by atoms with E-state index in [2.05, 4.69) is 20.1 Å². The van der Waals surface area contributed by atoms with Crippen LogP contribution in [0.5, 0.6) is 5.88 Å². The third kappa shape index (κ3) is 5.09. The zero-order chi connectivity index (χ0) is 25.4. The van der Waals surface area contributed by atoms with Gasteiger partial charge in [-0.05, 0) is 49.2 Å². The molecule has 0 atom stereocenters. The number of hydrogen-bond donors (Lipinski definition) is 1. The summed E-state index contributed by atoms with van der Waals surface area (Å²) in [5, 5.41) is 5.90. The number of anilines is 1. The van der Waals surface area contributed by atoms with Gasteiger partial charge < -0.3 is 15.2 Å². The van der Waals surface area contributed by atoms with Gasteiger partial charge in [-0.25, -0.2) is 9.97 Å². The number of rotatable bonds is 8. The van der Waals surface area contributed by atoms with Crippen LogP contribution < -0.4 is 10.5 Å². The lowest BCUT2D eigenvalue weighted by Crippen LogP contribution is -2.08. The Morgan fingerprint density at radius 2 is 1.84 bits per heavy atom. The standard InChI is InChI=1S/C27H24ClN7O2/c1-35-11-9-22(34-35)25-24(17-12-16-4-3-10-30-23(16)21(28)13-17)33-27(26(29)32-25)37-15-19-6-2-5-18(31-19)14-36-20-7-8-20/h2-6,9-13,20H,7-8,14-15H2,1H3,(H2,29,32). The van der Waals surface area contributed by atoms with Crippen molar-refractivity contribution in [3.05, 3.63) is 77.3 Å². The molecule has 5 aromatic rings. The Balaban J connectivity index is 1.35. The molecule has 4 heterocycles. The van der Waals surface area contributed by atoms with E-state index in [1.165, 1.54) is 0 Å². The molecule has 1 saturated carbocycles. The predicted octanol–water partition coefficient (Wildman–Crippen LogP) is 4.98. The van der Waals surface area contributed by atoms with Crippen molar-refractivity contribution in [2.45, 2.75) is 32.2 Å². The van der Waals surface area contributed by atoms with Crippen LogP contribution in [-0.4, -0.2) is 35.8 Å². The van der Waals surface area contributed by atoms with Crippen molar-refractivity contribution < 1.29 is 9.47 Å². The summed E-state index contributed by atoms with van der Waals surface area (Å²) in [5.74, 6) is 0.365. The van der Waals surface area contributed by atoms with Crippen LogP contribution in [-0.2, 0) is 25.0 Å². The molecule has 0 radical (unpaired) electrons. The van der Waals surface area contributed by atoms with Crippen molar-refractivity contribution >= 4 is 28.3 Å². The molecular formula is C27H24ClN7O2. The molecule has 0 spiro atoms. The number of fused-ring (bicyclic) bond motifs is 1. The second kappa shape index (κ2) is 9.76. The number of halogens is 1. The van der Waals surface area contributed by atoms with Crippen LogP contribution in [0.1, 0.15) is 24.2 Å². The van der Waals surface area contributed by atoms with Gasteiger partial charge in [-0.3, -0.25) is 14.6 Å². The summed E-state index contributed by atoms with van der Waals surface area (Å²) in [5.41, 5.74) is 11.1. The zero-order valence-corrected chi connectivity index (χ0v) is 20.9. The second-order valence-corrected chi connectivity index (χ2v) is 9.35. The normalized spacial score (nSPS) is 13.2. The van der Waals surface area contributed by atoms with Crippen molar-refractivity contribution in [1.82, 2.24) is 29.7 Å². The van der Waals surface area contributed by atoms with E-state index in [0.717, 1.165) is 35.2 Å². The average molecular weight is 514 g/mol. The lowest BCUT2D eigenvalue weighted by Gasteiger charge is -2.13. The summed E-state index contributed by atoms with van der Waals surface area (Å²) >= 11 is 6.59. The van der Waals surface area contributed by atoms with E-state index >= 15 is 0 Å². The van der Waals surface area contributed by atoms with E-state index in [1.54, 1.807) is 10.9 Å². The molecule has 10 heteroatoms. The molecule has 1 fully saturated rings. The molecular weight excluding hydrogens is 490 g/mol. The van der Waals surface area contributed by atoms with Gasteiger partial charge in [0.2, 0.25) is 0 Å². The summed E-state index contributed by atoms with van der Waals surface area (Å²) in [6.07, 6.45) is 6.16. The Hall–Kier alpha value is -4.08. The Bertz CT molecular complexity index is 1600. The van der Waals surface area contributed by atoms with Gasteiger partial charge in [-0.1, -0.05) is 23.7 Å². The molecule has 0 aliphatic heterocycles. The van der Waals surface area contributed by atoms with Crippen LogP contribution >= 0.6 is 11.6 Å². The SMILES string of the molecule is Cn1ccc(-c2nc(N)c(OCc3cccc(COC4CC4)n3)nc2-c2cc(Cl)c3ncccc3c2)n1. The van der Waals surface area contributed by atoms with E-state index < -0.39 is 0 Å². The number of nitrogens with zero attached hydrogens (tertiary/aromatic N) is 6. The van der Waals surface area contributed by atoms with Crippen molar-refractivity contribution in [1.29, 1.82) is 0 Å². The largest absolute Gasteiger partial charge is 0.469 e. The highest BCUT2D eigenvalue weighted by Gasteiger charge is 2.22. The van der Waals surface area contributed by atoms with Crippen molar-refractivity contribution in [3.8, 4) is 28.5 Å². The second-order valence-electron chi connectivity index (χ2n) is 8.94. The fourth-order valence-corrected chi connectivity index (χ4v) is 4.29. The third-order valence-electron chi connectivity index (χ3n) is 5.99. The minimum Gasteiger partial charge on any atom is -0.469 e. The summed E-state index contributed by atoms with van der Waals surface area (Å²) in [6, 6.07) is 15.2. The summed E-state index contributed by atoms with van der Waals surface area (Å²) in [7, 11) is 1.84. The number of pyridine rings is 2. The van der Waals surface area contributed by atoms with Gasteiger partial charge >= 0.3 is 0 Å². The Labute approximate surface area is 218 Å². The molecule has 4 aromatic heterocycles. The maximum atomic E-state index is 6.59. The number of aromatic nitrogens is 6.